The molecule has 5 nitrogen and oxygen atoms in total. The molecule has 6 heteroatoms. The summed E-state index contributed by atoms with van der Waals surface area (Å²) in [5.41, 5.74) is 9.60. The topological polar surface area (TPSA) is 76.3 Å². The van der Waals surface area contributed by atoms with Crippen LogP contribution in [0.1, 0.15) is 46.9 Å². The molecular weight excluding hydrogens is 410 g/mol. The second-order valence-electron chi connectivity index (χ2n) is 7.79. The zero-order valence-corrected chi connectivity index (χ0v) is 17.9. The average Bonchev–Trinajstić information content (AvgIpc) is 3.28. The van der Waals surface area contributed by atoms with Gasteiger partial charge in [0.15, 0.2) is 0 Å². The van der Waals surface area contributed by atoms with Crippen LogP contribution in [-0.2, 0) is 11.2 Å². The van der Waals surface area contributed by atoms with E-state index < -0.39 is 5.91 Å². The molecule has 2 N–H and O–H groups in total. The fraction of sp³-hybridized carbons (Fsp3) is 0.240. The lowest BCUT2D eigenvalue weighted by Gasteiger charge is -2.24. The standard InChI is InChI=1S/C25H24ClN3O2/c26-21-7-1-4-17(14-21)9-12-24(30)29-13-3-8-23(29)22-11-10-20(16-28-22)18-5-2-6-19(15-18)25(27)31/h1-2,4-7,10-11,14-16,23H,3,8-9,12-13H2,(H2,27,31). The minimum Gasteiger partial charge on any atom is -0.366 e. The number of carbonyl (C=O) groups is 2. The van der Waals surface area contributed by atoms with Gasteiger partial charge in [-0.2, -0.15) is 0 Å². The predicted molar refractivity (Wildman–Crippen MR) is 122 cm³/mol. The molecule has 31 heavy (non-hydrogen) atoms. The summed E-state index contributed by atoms with van der Waals surface area (Å²) in [7, 11) is 0. The number of benzene rings is 2. The lowest BCUT2D eigenvalue weighted by atomic mass is 10.0. The van der Waals surface area contributed by atoms with Crippen LogP contribution < -0.4 is 5.73 Å². The van der Waals surface area contributed by atoms with Gasteiger partial charge >= 0.3 is 0 Å². The molecule has 2 heterocycles. The summed E-state index contributed by atoms with van der Waals surface area (Å²) in [4.78, 5) is 30.9. The van der Waals surface area contributed by atoms with Crippen molar-refractivity contribution < 1.29 is 9.59 Å². The second kappa shape index (κ2) is 9.31. The number of primary amides is 1. The molecule has 1 atom stereocenters. The maximum Gasteiger partial charge on any atom is 0.248 e. The summed E-state index contributed by atoms with van der Waals surface area (Å²) < 4.78 is 0. The zero-order valence-electron chi connectivity index (χ0n) is 17.1. The van der Waals surface area contributed by atoms with Crippen LogP contribution in [0, 0.1) is 0 Å². The molecule has 0 bridgehead atoms. The van der Waals surface area contributed by atoms with E-state index in [0.717, 1.165) is 41.8 Å². The van der Waals surface area contributed by atoms with Crippen molar-refractivity contribution in [2.24, 2.45) is 5.73 Å². The first-order chi connectivity index (χ1) is 15.0. The lowest BCUT2D eigenvalue weighted by molar-refractivity contribution is -0.132. The molecule has 1 aliphatic heterocycles. The van der Waals surface area contributed by atoms with Crippen LogP contribution in [0.2, 0.25) is 5.02 Å². The van der Waals surface area contributed by atoms with Gasteiger partial charge in [-0.3, -0.25) is 14.6 Å². The van der Waals surface area contributed by atoms with Gasteiger partial charge in [0.05, 0.1) is 11.7 Å². The fourth-order valence-corrected chi connectivity index (χ4v) is 4.30. The lowest BCUT2D eigenvalue weighted by Crippen LogP contribution is -2.31. The Balaban J connectivity index is 1.45. The van der Waals surface area contributed by atoms with E-state index in [0.29, 0.717) is 23.4 Å². The highest BCUT2D eigenvalue weighted by Crippen LogP contribution is 2.32. The smallest absolute Gasteiger partial charge is 0.248 e. The van der Waals surface area contributed by atoms with Crippen LogP contribution >= 0.6 is 11.6 Å². The van der Waals surface area contributed by atoms with Crippen LogP contribution in [0.15, 0.2) is 66.9 Å². The van der Waals surface area contributed by atoms with E-state index in [-0.39, 0.29) is 11.9 Å². The van der Waals surface area contributed by atoms with E-state index in [9.17, 15) is 9.59 Å². The van der Waals surface area contributed by atoms with Gasteiger partial charge in [0, 0.05) is 35.3 Å². The number of rotatable bonds is 6. The molecule has 3 aromatic rings. The number of amides is 2. The SMILES string of the molecule is NC(=O)c1cccc(-c2ccc(C3CCCN3C(=O)CCc3cccc(Cl)c3)nc2)c1. The van der Waals surface area contributed by atoms with E-state index >= 15 is 0 Å². The maximum absolute atomic E-state index is 12.9. The fourth-order valence-electron chi connectivity index (χ4n) is 4.09. The van der Waals surface area contributed by atoms with Crippen molar-refractivity contribution in [1.82, 2.24) is 9.88 Å². The molecule has 1 aromatic heterocycles. The van der Waals surface area contributed by atoms with Gasteiger partial charge in [0.25, 0.3) is 0 Å². The summed E-state index contributed by atoms with van der Waals surface area (Å²) in [6, 6.07) is 18.8. The number of nitrogens with zero attached hydrogens (tertiary/aromatic N) is 2. The number of hydrogen-bond acceptors (Lipinski definition) is 3. The van der Waals surface area contributed by atoms with E-state index in [2.05, 4.69) is 4.98 Å². The van der Waals surface area contributed by atoms with Gasteiger partial charge in [-0.15, -0.1) is 0 Å². The minimum atomic E-state index is -0.454. The molecule has 0 radical (unpaired) electrons. The molecule has 1 aliphatic rings. The van der Waals surface area contributed by atoms with Crippen molar-refractivity contribution in [2.75, 3.05) is 6.54 Å². The molecular formula is C25H24ClN3O2. The number of halogens is 1. The molecule has 1 fully saturated rings. The summed E-state index contributed by atoms with van der Waals surface area (Å²) in [6.45, 7) is 0.753. The Kier molecular flexibility index (Phi) is 6.33. The highest BCUT2D eigenvalue weighted by molar-refractivity contribution is 6.30. The van der Waals surface area contributed by atoms with Crippen LogP contribution in [0.25, 0.3) is 11.1 Å². The Bertz CT molecular complexity index is 1100. The first kappa shape index (κ1) is 21.1. The van der Waals surface area contributed by atoms with Crippen molar-refractivity contribution >= 4 is 23.4 Å². The van der Waals surface area contributed by atoms with E-state index in [4.69, 9.17) is 17.3 Å². The highest BCUT2D eigenvalue weighted by Gasteiger charge is 2.30. The van der Waals surface area contributed by atoms with Crippen LogP contribution in [0.5, 0.6) is 0 Å². The molecule has 158 valence electrons. The molecule has 0 aliphatic carbocycles. The Hall–Kier alpha value is -3.18. The Morgan fingerprint density at radius 2 is 1.90 bits per heavy atom. The van der Waals surface area contributed by atoms with Crippen LogP contribution in [-0.4, -0.2) is 28.2 Å². The highest BCUT2D eigenvalue weighted by atomic mass is 35.5. The van der Waals surface area contributed by atoms with Gasteiger partial charge in [-0.25, -0.2) is 0 Å². The molecule has 1 unspecified atom stereocenters. The van der Waals surface area contributed by atoms with Crippen molar-refractivity contribution in [3.63, 3.8) is 0 Å². The molecule has 4 rings (SSSR count). The number of aryl methyl sites for hydroxylation is 1. The van der Waals surface area contributed by atoms with Gasteiger partial charge < -0.3 is 10.6 Å². The number of nitrogens with two attached hydrogens (primary N) is 1. The Morgan fingerprint density at radius 3 is 2.65 bits per heavy atom. The van der Waals surface area contributed by atoms with Crippen LogP contribution in [0.4, 0.5) is 0 Å². The average molecular weight is 434 g/mol. The zero-order chi connectivity index (χ0) is 21.8. The van der Waals surface area contributed by atoms with E-state index in [1.54, 1.807) is 24.4 Å². The molecule has 2 aromatic carbocycles. The van der Waals surface area contributed by atoms with Gasteiger partial charge in [0.1, 0.15) is 0 Å². The number of hydrogen-bond donors (Lipinski definition) is 1. The number of likely N-dealkylation sites (tertiary alicyclic amines) is 1. The monoisotopic (exact) mass is 433 g/mol. The quantitative estimate of drug-likeness (QED) is 0.606. The second-order valence-corrected chi connectivity index (χ2v) is 8.23. The molecule has 0 spiro atoms. The largest absolute Gasteiger partial charge is 0.366 e. The Labute approximate surface area is 186 Å². The third-order valence-electron chi connectivity index (χ3n) is 5.70. The number of pyridine rings is 1. The first-order valence-electron chi connectivity index (χ1n) is 10.4. The van der Waals surface area contributed by atoms with Gasteiger partial charge in [0.2, 0.25) is 11.8 Å². The van der Waals surface area contributed by atoms with E-state index in [1.165, 1.54) is 0 Å². The van der Waals surface area contributed by atoms with Gasteiger partial charge in [-0.1, -0.05) is 41.9 Å². The first-order valence-corrected chi connectivity index (χ1v) is 10.8. The normalized spacial score (nSPS) is 15.8. The Morgan fingerprint density at radius 1 is 1.06 bits per heavy atom. The summed E-state index contributed by atoms with van der Waals surface area (Å²) in [5.74, 6) is -0.313. The summed E-state index contributed by atoms with van der Waals surface area (Å²) in [6.07, 6.45) is 4.80. The third kappa shape index (κ3) is 4.94. The van der Waals surface area contributed by atoms with E-state index in [1.807, 2.05) is 47.4 Å². The van der Waals surface area contributed by atoms with Crippen molar-refractivity contribution in [1.29, 1.82) is 0 Å². The third-order valence-corrected chi connectivity index (χ3v) is 5.93. The van der Waals surface area contributed by atoms with Gasteiger partial charge in [-0.05, 0) is 60.7 Å². The molecule has 1 saturated heterocycles. The van der Waals surface area contributed by atoms with Crippen molar-refractivity contribution in [2.45, 2.75) is 31.7 Å². The summed E-state index contributed by atoms with van der Waals surface area (Å²) >= 11 is 6.05. The number of aromatic nitrogens is 1. The van der Waals surface area contributed by atoms with Crippen LogP contribution in [0.3, 0.4) is 0 Å². The van der Waals surface area contributed by atoms with Crippen molar-refractivity contribution in [3.8, 4) is 11.1 Å². The maximum atomic E-state index is 12.9. The van der Waals surface area contributed by atoms with Crippen molar-refractivity contribution in [3.05, 3.63) is 88.7 Å². The molecule has 0 saturated carbocycles. The molecule has 2 amide bonds. The summed E-state index contributed by atoms with van der Waals surface area (Å²) in [5, 5.41) is 0.689. The predicted octanol–water partition coefficient (Wildman–Crippen LogP) is 4.80. The number of carbonyl (C=O) groups excluding carboxylic acids is 2. The minimum absolute atomic E-state index is 0.00198.